The molecule has 108 valence electrons. The molecule has 0 unspecified atom stereocenters. The summed E-state index contributed by atoms with van der Waals surface area (Å²) in [6.07, 6.45) is 1.84. The Morgan fingerprint density at radius 2 is 2.05 bits per heavy atom. The summed E-state index contributed by atoms with van der Waals surface area (Å²) < 4.78 is 26.3. The zero-order valence-corrected chi connectivity index (χ0v) is 11.7. The Labute approximate surface area is 118 Å². The molecule has 0 aromatic heterocycles. The molecule has 0 aliphatic carbocycles. The van der Waals surface area contributed by atoms with E-state index in [0.29, 0.717) is 19.3 Å². The van der Waals surface area contributed by atoms with Crippen molar-refractivity contribution in [3.8, 4) is 6.07 Å². The fourth-order valence-corrected chi connectivity index (χ4v) is 2.72. The normalized spacial score (nSPS) is 10.9. The van der Waals surface area contributed by atoms with Crippen LogP contribution >= 0.6 is 0 Å². The smallest absolute Gasteiger partial charge is 0.303 e. The van der Waals surface area contributed by atoms with Crippen molar-refractivity contribution in [2.45, 2.75) is 30.6 Å². The van der Waals surface area contributed by atoms with Gasteiger partial charge in [0.15, 0.2) is 0 Å². The maximum atomic E-state index is 11.9. The van der Waals surface area contributed by atoms with E-state index < -0.39 is 16.0 Å². The highest BCUT2D eigenvalue weighted by atomic mass is 32.2. The van der Waals surface area contributed by atoms with E-state index in [1.165, 1.54) is 24.3 Å². The molecule has 0 spiro atoms. The number of aliphatic carboxylic acids is 1. The first-order chi connectivity index (χ1) is 9.45. The second-order valence-corrected chi connectivity index (χ2v) is 6.01. The molecular formula is C13H16N2O4S. The summed E-state index contributed by atoms with van der Waals surface area (Å²) in [6.45, 7) is 0.249. The van der Waals surface area contributed by atoms with Gasteiger partial charge in [0.1, 0.15) is 0 Å². The van der Waals surface area contributed by atoms with Crippen LogP contribution in [0.4, 0.5) is 0 Å². The van der Waals surface area contributed by atoms with Gasteiger partial charge in [-0.2, -0.15) is 5.26 Å². The molecule has 6 nitrogen and oxygen atoms in total. The Kier molecular flexibility index (Phi) is 6.15. The summed E-state index contributed by atoms with van der Waals surface area (Å²) in [4.78, 5) is 10.4. The van der Waals surface area contributed by atoms with Crippen LogP contribution in [0.2, 0.25) is 0 Å². The van der Waals surface area contributed by atoms with Gasteiger partial charge in [-0.3, -0.25) is 4.79 Å². The number of rotatable bonds is 8. The van der Waals surface area contributed by atoms with Gasteiger partial charge in [-0.1, -0.05) is 12.5 Å². The molecule has 0 saturated carbocycles. The minimum atomic E-state index is -3.61. The zero-order chi connectivity index (χ0) is 15.0. The Balaban J connectivity index is 2.46. The van der Waals surface area contributed by atoms with E-state index in [1.807, 2.05) is 6.07 Å². The number of benzene rings is 1. The maximum absolute atomic E-state index is 11.9. The fourth-order valence-electron chi connectivity index (χ4n) is 1.60. The van der Waals surface area contributed by atoms with Gasteiger partial charge in [-0.05, 0) is 31.0 Å². The Bertz CT molecular complexity index is 605. The van der Waals surface area contributed by atoms with Crippen LogP contribution in [0, 0.1) is 11.3 Å². The van der Waals surface area contributed by atoms with E-state index in [-0.39, 0.29) is 23.4 Å². The van der Waals surface area contributed by atoms with Crippen molar-refractivity contribution in [3.63, 3.8) is 0 Å². The van der Waals surface area contributed by atoms with Crippen molar-refractivity contribution < 1.29 is 18.3 Å². The first kappa shape index (κ1) is 16.1. The number of carboxylic acid groups (broad SMARTS) is 1. The first-order valence-corrected chi connectivity index (χ1v) is 7.65. The molecule has 0 atom stereocenters. The monoisotopic (exact) mass is 296 g/mol. The Hall–Kier alpha value is -1.91. The molecule has 20 heavy (non-hydrogen) atoms. The van der Waals surface area contributed by atoms with Gasteiger partial charge >= 0.3 is 5.97 Å². The van der Waals surface area contributed by atoms with Crippen LogP contribution in [0.3, 0.4) is 0 Å². The number of carbonyl (C=O) groups is 1. The van der Waals surface area contributed by atoms with Gasteiger partial charge in [-0.25, -0.2) is 13.1 Å². The van der Waals surface area contributed by atoms with E-state index in [9.17, 15) is 13.2 Å². The Morgan fingerprint density at radius 3 is 2.70 bits per heavy atom. The summed E-state index contributed by atoms with van der Waals surface area (Å²) in [5.74, 6) is -0.848. The third-order valence-corrected chi connectivity index (χ3v) is 4.09. The van der Waals surface area contributed by atoms with E-state index in [0.717, 1.165) is 0 Å². The van der Waals surface area contributed by atoms with E-state index in [4.69, 9.17) is 10.4 Å². The van der Waals surface area contributed by atoms with Gasteiger partial charge in [0.2, 0.25) is 10.0 Å². The predicted octanol–water partition coefficient (Wildman–Crippen LogP) is 1.48. The quantitative estimate of drug-likeness (QED) is 0.706. The second-order valence-electron chi connectivity index (χ2n) is 4.24. The first-order valence-electron chi connectivity index (χ1n) is 6.17. The highest BCUT2D eigenvalue weighted by Gasteiger charge is 2.13. The van der Waals surface area contributed by atoms with Crippen LogP contribution in [0.15, 0.2) is 29.2 Å². The molecule has 7 heteroatoms. The number of hydrogen-bond donors (Lipinski definition) is 2. The van der Waals surface area contributed by atoms with Gasteiger partial charge in [0, 0.05) is 13.0 Å². The maximum Gasteiger partial charge on any atom is 0.303 e. The molecule has 0 saturated heterocycles. The summed E-state index contributed by atoms with van der Waals surface area (Å²) in [5.41, 5.74) is 0.286. The van der Waals surface area contributed by atoms with Crippen LogP contribution in [-0.2, 0) is 14.8 Å². The summed E-state index contributed by atoms with van der Waals surface area (Å²) in [5, 5.41) is 17.2. The van der Waals surface area contributed by atoms with E-state index in [2.05, 4.69) is 4.72 Å². The third kappa shape index (κ3) is 5.38. The number of nitriles is 1. The van der Waals surface area contributed by atoms with Crippen LogP contribution in [0.1, 0.15) is 31.2 Å². The minimum absolute atomic E-state index is 0.0575. The van der Waals surface area contributed by atoms with Crippen LogP contribution in [0.25, 0.3) is 0 Å². The molecule has 2 N–H and O–H groups in total. The van der Waals surface area contributed by atoms with Gasteiger partial charge in [0.05, 0.1) is 16.5 Å². The molecule has 1 aromatic carbocycles. The third-order valence-electron chi connectivity index (χ3n) is 2.63. The summed E-state index contributed by atoms with van der Waals surface area (Å²) >= 11 is 0. The number of carboxylic acids is 1. The molecule has 0 fully saturated rings. The van der Waals surface area contributed by atoms with Crippen molar-refractivity contribution in [2.75, 3.05) is 6.54 Å². The highest BCUT2D eigenvalue weighted by molar-refractivity contribution is 7.89. The zero-order valence-electron chi connectivity index (χ0n) is 10.9. The lowest BCUT2D eigenvalue weighted by atomic mass is 10.2. The lowest BCUT2D eigenvalue weighted by molar-refractivity contribution is -0.137. The molecule has 0 radical (unpaired) electrons. The minimum Gasteiger partial charge on any atom is -0.481 e. The van der Waals surface area contributed by atoms with Crippen LogP contribution in [-0.4, -0.2) is 26.0 Å². The number of unbranched alkanes of at least 4 members (excludes halogenated alkanes) is 2. The SMILES string of the molecule is N#Cc1cccc(S(=O)(=O)NCCCCCC(=O)O)c1. The van der Waals surface area contributed by atoms with E-state index in [1.54, 1.807) is 0 Å². The van der Waals surface area contributed by atoms with Crippen molar-refractivity contribution in [2.24, 2.45) is 0 Å². The topological polar surface area (TPSA) is 107 Å². The van der Waals surface area contributed by atoms with E-state index >= 15 is 0 Å². The van der Waals surface area contributed by atoms with Crippen molar-refractivity contribution >= 4 is 16.0 Å². The molecule has 1 aromatic rings. The lowest BCUT2D eigenvalue weighted by Gasteiger charge is -2.06. The standard InChI is InChI=1S/C13H16N2O4S/c14-10-11-5-4-6-12(9-11)20(18,19)15-8-3-1-2-7-13(16)17/h4-6,9,15H,1-3,7-8H2,(H,16,17). The predicted molar refractivity (Wildman–Crippen MR) is 72.4 cm³/mol. The lowest BCUT2D eigenvalue weighted by Crippen LogP contribution is -2.24. The molecule has 0 aliphatic heterocycles. The Morgan fingerprint density at radius 1 is 1.30 bits per heavy atom. The summed E-state index contributed by atoms with van der Waals surface area (Å²) in [6, 6.07) is 7.67. The number of nitrogens with one attached hydrogen (secondary N) is 1. The number of hydrogen-bond acceptors (Lipinski definition) is 4. The average Bonchev–Trinajstić information content (AvgIpc) is 2.42. The molecule has 0 aliphatic rings. The van der Waals surface area contributed by atoms with Crippen LogP contribution in [0.5, 0.6) is 0 Å². The van der Waals surface area contributed by atoms with Crippen LogP contribution < -0.4 is 4.72 Å². The molecular weight excluding hydrogens is 280 g/mol. The molecule has 0 amide bonds. The van der Waals surface area contributed by atoms with Crippen molar-refractivity contribution in [3.05, 3.63) is 29.8 Å². The largest absolute Gasteiger partial charge is 0.481 e. The summed E-state index contributed by atoms with van der Waals surface area (Å²) in [7, 11) is -3.61. The number of nitrogens with zero attached hydrogens (tertiary/aromatic N) is 1. The van der Waals surface area contributed by atoms with Gasteiger partial charge < -0.3 is 5.11 Å². The number of sulfonamides is 1. The average molecular weight is 296 g/mol. The van der Waals surface area contributed by atoms with Crippen molar-refractivity contribution in [1.29, 1.82) is 5.26 Å². The molecule has 0 bridgehead atoms. The molecule has 1 rings (SSSR count). The second kappa shape index (κ2) is 7.62. The highest BCUT2D eigenvalue weighted by Crippen LogP contribution is 2.11. The van der Waals surface area contributed by atoms with Gasteiger partial charge in [0.25, 0.3) is 0 Å². The molecule has 0 heterocycles. The fraction of sp³-hybridized carbons (Fsp3) is 0.385. The van der Waals surface area contributed by atoms with Gasteiger partial charge in [-0.15, -0.1) is 0 Å². The van der Waals surface area contributed by atoms with Crippen molar-refractivity contribution in [1.82, 2.24) is 4.72 Å².